The summed E-state index contributed by atoms with van der Waals surface area (Å²) >= 11 is 0. The summed E-state index contributed by atoms with van der Waals surface area (Å²) < 4.78 is 4.74. The van der Waals surface area contributed by atoms with Gasteiger partial charge in [-0.15, -0.1) is 0 Å². The van der Waals surface area contributed by atoms with Crippen LogP contribution in [0, 0.1) is 0 Å². The van der Waals surface area contributed by atoms with Gasteiger partial charge in [0.2, 0.25) is 0 Å². The van der Waals surface area contributed by atoms with Gasteiger partial charge in [-0.2, -0.15) is 0 Å². The highest BCUT2D eigenvalue weighted by Gasteiger charge is 2.14. The summed E-state index contributed by atoms with van der Waals surface area (Å²) in [5.41, 5.74) is 0. The van der Waals surface area contributed by atoms with E-state index >= 15 is 0 Å². The van der Waals surface area contributed by atoms with Gasteiger partial charge in [0.05, 0.1) is 19.1 Å². The van der Waals surface area contributed by atoms with Gasteiger partial charge < -0.3 is 14.7 Å². The normalized spacial score (nSPS) is 13.4. The fourth-order valence-corrected chi connectivity index (χ4v) is 1.02. The molecule has 0 saturated carbocycles. The Morgan fingerprint density at radius 3 is 2.50 bits per heavy atom. The van der Waals surface area contributed by atoms with Crippen molar-refractivity contribution < 1.29 is 14.6 Å². The molecule has 0 aromatic heterocycles. The Bertz CT molecular complexity index is 171. The summed E-state index contributed by atoms with van der Waals surface area (Å²) in [7, 11) is 1.92. The van der Waals surface area contributed by atoms with Crippen LogP contribution in [0.5, 0.6) is 0 Å². The van der Waals surface area contributed by atoms with Crippen LogP contribution in [-0.4, -0.2) is 48.3 Å². The van der Waals surface area contributed by atoms with E-state index in [9.17, 15) is 9.90 Å². The Morgan fingerprint density at radius 1 is 1.50 bits per heavy atom. The molecule has 0 aliphatic carbocycles. The van der Waals surface area contributed by atoms with Gasteiger partial charge in [-0.25, -0.2) is 0 Å². The summed E-state index contributed by atoms with van der Waals surface area (Å²) in [4.78, 5) is 13.0. The quantitative estimate of drug-likeness (QED) is 0.644. The van der Waals surface area contributed by atoms with E-state index in [4.69, 9.17) is 4.74 Å². The largest absolute Gasteiger partial charge is 0.466 e. The van der Waals surface area contributed by atoms with Crippen molar-refractivity contribution in [3.63, 3.8) is 0 Å². The molecule has 0 fully saturated rings. The summed E-state index contributed by atoms with van der Waals surface area (Å²) in [6.07, 6.45) is -0.563. The fraction of sp³-hybridized carbons (Fsp3) is 0.900. The number of ether oxygens (including phenoxy) is 1. The first-order valence-electron chi connectivity index (χ1n) is 5.01. The number of nitrogens with zero attached hydrogens (tertiary/aromatic N) is 1. The van der Waals surface area contributed by atoms with Crippen molar-refractivity contribution in [2.24, 2.45) is 0 Å². The summed E-state index contributed by atoms with van der Waals surface area (Å²) in [5, 5.41) is 9.52. The molecule has 0 heterocycles. The maximum atomic E-state index is 11.0. The van der Waals surface area contributed by atoms with Crippen molar-refractivity contribution in [3.8, 4) is 0 Å². The zero-order chi connectivity index (χ0) is 11.1. The molecule has 0 aliphatic rings. The van der Waals surface area contributed by atoms with Crippen LogP contribution in [0.1, 0.15) is 27.2 Å². The lowest BCUT2D eigenvalue weighted by atomic mass is 10.2. The molecule has 4 heteroatoms. The average Bonchev–Trinajstić information content (AvgIpc) is 2.03. The first kappa shape index (κ1) is 13.4. The van der Waals surface area contributed by atoms with Gasteiger partial charge in [-0.1, -0.05) is 0 Å². The zero-order valence-corrected chi connectivity index (χ0v) is 9.49. The standard InChI is InChI=1S/C10H21NO3/c1-5-14-10(13)6-9(12)7-11(4)8(2)3/h8-9,12H,5-7H2,1-4H3. The number of hydrogen-bond donors (Lipinski definition) is 1. The number of hydrogen-bond acceptors (Lipinski definition) is 4. The van der Waals surface area contributed by atoms with Gasteiger partial charge in [-0.05, 0) is 27.8 Å². The minimum Gasteiger partial charge on any atom is -0.466 e. The number of aliphatic hydroxyl groups is 1. The second-order valence-corrected chi connectivity index (χ2v) is 3.70. The van der Waals surface area contributed by atoms with E-state index in [1.165, 1.54) is 0 Å². The highest BCUT2D eigenvalue weighted by Crippen LogP contribution is 2.00. The molecule has 0 spiro atoms. The molecule has 1 unspecified atom stereocenters. The lowest BCUT2D eigenvalue weighted by molar-refractivity contribution is -0.145. The molecule has 0 rings (SSSR count). The second kappa shape index (κ2) is 6.79. The number of likely N-dealkylation sites (N-methyl/N-ethyl adjacent to an activating group) is 1. The van der Waals surface area contributed by atoms with Crippen LogP contribution in [-0.2, 0) is 9.53 Å². The molecule has 0 aromatic carbocycles. The minimum absolute atomic E-state index is 0.0743. The van der Waals surface area contributed by atoms with Gasteiger partial charge >= 0.3 is 5.97 Å². The first-order valence-corrected chi connectivity index (χ1v) is 5.01. The SMILES string of the molecule is CCOC(=O)CC(O)CN(C)C(C)C. The predicted octanol–water partition coefficient (Wildman–Crippen LogP) is 0.641. The lowest BCUT2D eigenvalue weighted by Gasteiger charge is -2.23. The maximum Gasteiger partial charge on any atom is 0.308 e. The van der Waals surface area contributed by atoms with Crippen molar-refractivity contribution in [2.45, 2.75) is 39.3 Å². The predicted molar refractivity (Wildman–Crippen MR) is 55.0 cm³/mol. The summed E-state index contributed by atoms with van der Waals surface area (Å²) in [6, 6.07) is 0.367. The van der Waals surface area contributed by atoms with Crippen molar-refractivity contribution in [3.05, 3.63) is 0 Å². The molecule has 0 amide bonds. The number of carbonyl (C=O) groups excluding carboxylic acids is 1. The molecule has 84 valence electrons. The molecular formula is C10H21NO3. The molecule has 4 nitrogen and oxygen atoms in total. The molecule has 0 aliphatic heterocycles. The van der Waals surface area contributed by atoms with E-state index in [0.29, 0.717) is 19.2 Å². The number of rotatable bonds is 6. The molecule has 0 aromatic rings. The monoisotopic (exact) mass is 203 g/mol. The van der Waals surface area contributed by atoms with Gasteiger partial charge in [0.15, 0.2) is 0 Å². The second-order valence-electron chi connectivity index (χ2n) is 3.70. The minimum atomic E-state index is -0.638. The molecular weight excluding hydrogens is 182 g/mol. The third-order valence-electron chi connectivity index (χ3n) is 2.09. The zero-order valence-electron chi connectivity index (χ0n) is 9.49. The fourth-order valence-electron chi connectivity index (χ4n) is 1.02. The van der Waals surface area contributed by atoms with Gasteiger partial charge in [0, 0.05) is 12.6 Å². The van der Waals surface area contributed by atoms with Crippen LogP contribution >= 0.6 is 0 Å². The maximum absolute atomic E-state index is 11.0. The van der Waals surface area contributed by atoms with Crippen LogP contribution in [0.4, 0.5) is 0 Å². The number of aliphatic hydroxyl groups excluding tert-OH is 1. The van der Waals surface area contributed by atoms with E-state index in [2.05, 4.69) is 0 Å². The Balaban J connectivity index is 3.74. The summed E-state index contributed by atoms with van der Waals surface area (Å²) in [6.45, 7) is 6.70. The van der Waals surface area contributed by atoms with Crippen LogP contribution in [0.25, 0.3) is 0 Å². The van der Waals surface area contributed by atoms with Crippen LogP contribution in [0.2, 0.25) is 0 Å². The summed E-state index contributed by atoms with van der Waals surface area (Å²) in [5.74, 6) is -0.336. The topological polar surface area (TPSA) is 49.8 Å². The Hall–Kier alpha value is -0.610. The van der Waals surface area contributed by atoms with E-state index in [1.54, 1.807) is 6.92 Å². The Morgan fingerprint density at radius 2 is 2.07 bits per heavy atom. The van der Waals surface area contributed by atoms with Crippen molar-refractivity contribution >= 4 is 5.97 Å². The van der Waals surface area contributed by atoms with E-state index in [-0.39, 0.29) is 12.4 Å². The smallest absolute Gasteiger partial charge is 0.308 e. The van der Waals surface area contributed by atoms with Crippen molar-refractivity contribution in [1.29, 1.82) is 0 Å². The molecule has 0 radical (unpaired) electrons. The van der Waals surface area contributed by atoms with E-state index in [0.717, 1.165) is 0 Å². The van der Waals surface area contributed by atoms with Gasteiger partial charge in [-0.3, -0.25) is 4.79 Å². The highest BCUT2D eigenvalue weighted by molar-refractivity contribution is 5.69. The molecule has 0 saturated heterocycles. The van der Waals surface area contributed by atoms with Crippen LogP contribution < -0.4 is 0 Å². The third-order valence-corrected chi connectivity index (χ3v) is 2.09. The lowest BCUT2D eigenvalue weighted by Crippen LogP contribution is -2.35. The van der Waals surface area contributed by atoms with Crippen molar-refractivity contribution in [1.82, 2.24) is 4.90 Å². The molecule has 1 N–H and O–H groups in total. The van der Waals surface area contributed by atoms with Crippen molar-refractivity contribution in [2.75, 3.05) is 20.2 Å². The van der Waals surface area contributed by atoms with E-state index in [1.807, 2.05) is 25.8 Å². The third kappa shape index (κ3) is 5.94. The molecule has 14 heavy (non-hydrogen) atoms. The van der Waals surface area contributed by atoms with Crippen LogP contribution in [0.15, 0.2) is 0 Å². The average molecular weight is 203 g/mol. The highest BCUT2D eigenvalue weighted by atomic mass is 16.5. The number of esters is 1. The number of carbonyl (C=O) groups is 1. The molecule has 0 bridgehead atoms. The Labute approximate surface area is 85.9 Å². The van der Waals surface area contributed by atoms with E-state index < -0.39 is 6.10 Å². The van der Waals surface area contributed by atoms with Crippen LogP contribution in [0.3, 0.4) is 0 Å². The molecule has 1 atom stereocenters. The van der Waals surface area contributed by atoms with Gasteiger partial charge in [0.25, 0.3) is 0 Å². The van der Waals surface area contributed by atoms with Gasteiger partial charge in [0.1, 0.15) is 0 Å². The first-order chi connectivity index (χ1) is 6.47. The Kier molecular flexibility index (Phi) is 6.49.